The number of aromatic hydroxyl groups is 1. The molecule has 0 saturated carbocycles. The highest BCUT2D eigenvalue weighted by molar-refractivity contribution is 5.86. The van der Waals surface area contributed by atoms with Gasteiger partial charge in [-0.15, -0.1) is 0 Å². The van der Waals surface area contributed by atoms with E-state index in [9.17, 15) is 5.11 Å². The van der Waals surface area contributed by atoms with Crippen molar-refractivity contribution < 1.29 is 9.52 Å². The van der Waals surface area contributed by atoms with E-state index >= 15 is 0 Å². The Morgan fingerprint density at radius 2 is 1.74 bits per heavy atom. The van der Waals surface area contributed by atoms with Gasteiger partial charge in [0.05, 0.1) is 16.7 Å². The van der Waals surface area contributed by atoms with Gasteiger partial charge < -0.3 is 14.8 Å². The number of piperidine rings is 1. The van der Waals surface area contributed by atoms with Crippen molar-refractivity contribution in [1.82, 2.24) is 20.3 Å². The van der Waals surface area contributed by atoms with Gasteiger partial charge in [0.25, 0.3) is 0 Å². The Morgan fingerprint density at radius 3 is 2.59 bits per heavy atom. The van der Waals surface area contributed by atoms with Gasteiger partial charge in [0.15, 0.2) is 11.5 Å². The second kappa shape index (κ2) is 6.32. The van der Waals surface area contributed by atoms with Crippen LogP contribution in [0.2, 0.25) is 0 Å². The molecule has 2 N–H and O–H groups in total. The molecule has 1 aromatic carbocycles. The number of nitrogens with zero attached hydrogens (tertiary/aromatic N) is 3. The van der Waals surface area contributed by atoms with Crippen LogP contribution in [0.25, 0.3) is 33.4 Å². The molecule has 0 bridgehead atoms. The van der Waals surface area contributed by atoms with Gasteiger partial charge in [0.2, 0.25) is 0 Å². The Kier molecular flexibility index (Phi) is 3.79. The van der Waals surface area contributed by atoms with Crippen molar-refractivity contribution >= 4 is 22.1 Å². The molecule has 4 heterocycles. The van der Waals surface area contributed by atoms with E-state index in [0.717, 1.165) is 42.7 Å². The van der Waals surface area contributed by atoms with E-state index in [2.05, 4.69) is 16.4 Å². The van der Waals surface area contributed by atoms with Crippen LogP contribution in [0.3, 0.4) is 0 Å². The summed E-state index contributed by atoms with van der Waals surface area (Å²) in [7, 11) is 0. The van der Waals surface area contributed by atoms with Gasteiger partial charge in [0, 0.05) is 30.2 Å². The molecule has 0 unspecified atom stereocenters. The lowest BCUT2D eigenvalue weighted by Crippen LogP contribution is -2.27. The highest BCUT2D eigenvalue weighted by atomic mass is 16.3. The number of nitrogens with one attached hydrogen (secondary N) is 1. The quantitative estimate of drug-likeness (QED) is 0.564. The van der Waals surface area contributed by atoms with Crippen molar-refractivity contribution in [2.45, 2.75) is 25.7 Å². The van der Waals surface area contributed by atoms with Crippen LogP contribution in [0.1, 0.15) is 30.3 Å². The topological polar surface area (TPSA) is 84.1 Å². The molecule has 0 aliphatic carbocycles. The molecular weight excluding hydrogens is 340 g/mol. The van der Waals surface area contributed by atoms with Gasteiger partial charge in [-0.25, -0.2) is 9.97 Å². The number of fused-ring (bicyclic) bond motifs is 2. The summed E-state index contributed by atoms with van der Waals surface area (Å²) in [5.74, 6) is 1.22. The third kappa shape index (κ3) is 2.92. The predicted molar refractivity (Wildman–Crippen MR) is 104 cm³/mol. The number of pyridine rings is 2. The number of hydrogen-bond acceptors (Lipinski definition) is 6. The van der Waals surface area contributed by atoms with Crippen molar-refractivity contribution in [3.63, 3.8) is 0 Å². The summed E-state index contributed by atoms with van der Waals surface area (Å²) in [4.78, 5) is 13.8. The maximum absolute atomic E-state index is 10.4. The monoisotopic (exact) mass is 360 g/mol. The lowest BCUT2D eigenvalue weighted by atomic mass is 9.94. The number of benzene rings is 1. The lowest BCUT2D eigenvalue weighted by Gasteiger charge is -2.22. The number of phenolic OH excluding ortho intramolecular Hbond substituents is 1. The maximum Gasteiger partial charge on any atom is 0.192 e. The third-order valence-corrected chi connectivity index (χ3v) is 5.21. The lowest BCUT2D eigenvalue weighted by molar-refractivity contribution is 0.454. The third-order valence-electron chi connectivity index (χ3n) is 5.21. The summed E-state index contributed by atoms with van der Waals surface area (Å²) < 4.78 is 5.59. The molecule has 4 aromatic rings. The summed E-state index contributed by atoms with van der Waals surface area (Å²) in [5.41, 5.74) is 5.43. The molecule has 0 radical (unpaired) electrons. The van der Waals surface area contributed by atoms with E-state index in [4.69, 9.17) is 14.4 Å². The standard InChI is InChI=1S/C21H20N4O2/c1-12-23-19-11-20(26)14(10-21(19)27-12)16-3-5-17-18(25-16)4-2-15(24-17)13-6-8-22-9-7-13/h2-5,10-11,13,22,26H,6-9H2,1H3. The van der Waals surface area contributed by atoms with Crippen LogP contribution in [0, 0.1) is 6.92 Å². The van der Waals surface area contributed by atoms with Crippen LogP contribution in [0.5, 0.6) is 5.75 Å². The zero-order valence-electron chi connectivity index (χ0n) is 15.1. The summed E-state index contributed by atoms with van der Waals surface area (Å²) in [5, 5.41) is 13.8. The molecule has 0 atom stereocenters. The molecule has 1 saturated heterocycles. The predicted octanol–water partition coefficient (Wildman–Crippen LogP) is 3.92. The van der Waals surface area contributed by atoms with E-state index in [1.54, 1.807) is 19.1 Å². The first-order valence-corrected chi connectivity index (χ1v) is 9.26. The fourth-order valence-corrected chi connectivity index (χ4v) is 3.80. The normalized spacial score (nSPS) is 15.6. The van der Waals surface area contributed by atoms with Crippen molar-refractivity contribution in [2.24, 2.45) is 0 Å². The van der Waals surface area contributed by atoms with Gasteiger partial charge in [-0.3, -0.25) is 4.98 Å². The fraction of sp³-hybridized carbons (Fsp3) is 0.286. The largest absolute Gasteiger partial charge is 0.507 e. The number of aromatic nitrogens is 3. The minimum absolute atomic E-state index is 0.141. The first-order valence-electron chi connectivity index (χ1n) is 9.26. The first-order chi connectivity index (χ1) is 13.2. The Hall–Kier alpha value is -2.99. The molecule has 6 nitrogen and oxygen atoms in total. The van der Waals surface area contributed by atoms with Gasteiger partial charge in [0.1, 0.15) is 11.3 Å². The SMILES string of the molecule is Cc1nc2cc(O)c(-c3ccc4nc(C5CCNCC5)ccc4n3)cc2o1. The van der Waals surface area contributed by atoms with E-state index in [-0.39, 0.29) is 5.75 Å². The second-order valence-electron chi connectivity index (χ2n) is 7.07. The zero-order valence-corrected chi connectivity index (χ0v) is 15.1. The van der Waals surface area contributed by atoms with Crippen LogP contribution in [0.15, 0.2) is 40.8 Å². The number of rotatable bonds is 2. The zero-order chi connectivity index (χ0) is 18.4. The molecule has 1 fully saturated rings. The van der Waals surface area contributed by atoms with Crippen LogP contribution in [-0.2, 0) is 0 Å². The van der Waals surface area contributed by atoms with E-state index in [0.29, 0.717) is 34.2 Å². The van der Waals surface area contributed by atoms with E-state index in [1.165, 1.54) is 0 Å². The summed E-state index contributed by atoms with van der Waals surface area (Å²) >= 11 is 0. The van der Waals surface area contributed by atoms with Crippen LogP contribution < -0.4 is 5.32 Å². The van der Waals surface area contributed by atoms with Crippen LogP contribution in [-0.4, -0.2) is 33.1 Å². The summed E-state index contributed by atoms with van der Waals surface area (Å²) in [6, 6.07) is 11.4. The van der Waals surface area contributed by atoms with E-state index < -0.39 is 0 Å². The Morgan fingerprint density at radius 1 is 0.963 bits per heavy atom. The Bertz CT molecular complexity index is 1150. The highest BCUT2D eigenvalue weighted by Crippen LogP contribution is 2.33. The molecule has 0 spiro atoms. The molecule has 6 heteroatoms. The highest BCUT2D eigenvalue weighted by Gasteiger charge is 2.17. The minimum atomic E-state index is 0.141. The number of hydrogen-bond donors (Lipinski definition) is 2. The van der Waals surface area contributed by atoms with Gasteiger partial charge in [-0.05, 0) is 56.3 Å². The Balaban J connectivity index is 1.55. The van der Waals surface area contributed by atoms with Gasteiger partial charge >= 0.3 is 0 Å². The smallest absolute Gasteiger partial charge is 0.192 e. The van der Waals surface area contributed by atoms with Gasteiger partial charge in [-0.1, -0.05) is 0 Å². The molecule has 5 rings (SSSR count). The number of oxazole rings is 1. The second-order valence-corrected chi connectivity index (χ2v) is 7.07. The molecule has 3 aromatic heterocycles. The van der Waals surface area contributed by atoms with Crippen LogP contribution in [0.4, 0.5) is 0 Å². The number of phenols is 1. The van der Waals surface area contributed by atoms with Crippen molar-refractivity contribution in [2.75, 3.05) is 13.1 Å². The van der Waals surface area contributed by atoms with Crippen molar-refractivity contribution in [1.29, 1.82) is 0 Å². The van der Waals surface area contributed by atoms with Gasteiger partial charge in [-0.2, -0.15) is 0 Å². The fourth-order valence-electron chi connectivity index (χ4n) is 3.80. The first kappa shape index (κ1) is 16.2. The van der Waals surface area contributed by atoms with E-state index in [1.807, 2.05) is 18.2 Å². The minimum Gasteiger partial charge on any atom is -0.507 e. The van der Waals surface area contributed by atoms with Crippen LogP contribution >= 0.6 is 0 Å². The number of aryl methyl sites for hydroxylation is 1. The molecule has 136 valence electrons. The summed E-state index contributed by atoms with van der Waals surface area (Å²) in [6.45, 7) is 3.88. The van der Waals surface area contributed by atoms with Crippen molar-refractivity contribution in [3.8, 4) is 17.0 Å². The molecule has 27 heavy (non-hydrogen) atoms. The average molecular weight is 360 g/mol. The average Bonchev–Trinajstić information content (AvgIpc) is 3.06. The summed E-state index contributed by atoms with van der Waals surface area (Å²) in [6.07, 6.45) is 2.24. The molecule has 0 amide bonds. The maximum atomic E-state index is 10.4. The Labute approximate surface area is 156 Å². The van der Waals surface area contributed by atoms with Crippen molar-refractivity contribution in [3.05, 3.63) is 48.0 Å². The molecular formula is C21H20N4O2. The molecule has 1 aliphatic heterocycles. The molecule has 1 aliphatic rings.